The lowest BCUT2D eigenvalue weighted by Gasteiger charge is -2.05. The highest BCUT2D eigenvalue weighted by atomic mass is 35.5. The van der Waals surface area contributed by atoms with E-state index in [1.807, 2.05) is 0 Å². The van der Waals surface area contributed by atoms with Crippen LogP contribution in [0.15, 0.2) is 23.4 Å². The number of rotatable bonds is 5. The van der Waals surface area contributed by atoms with Crippen LogP contribution in [0.2, 0.25) is 5.02 Å². The minimum absolute atomic E-state index is 0.137. The predicted molar refractivity (Wildman–Crippen MR) is 65.3 cm³/mol. The average Bonchev–Trinajstić information content (AvgIpc) is 2.83. The molecule has 2 rings (SSSR count). The van der Waals surface area contributed by atoms with Gasteiger partial charge in [-0.15, -0.1) is 0 Å². The maximum atomic E-state index is 11.2. The lowest BCUT2D eigenvalue weighted by Crippen LogP contribution is -2.12. The van der Waals surface area contributed by atoms with E-state index in [1.54, 1.807) is 12.4 Å². The first-order chi connectivity index (χ1) is 8.27. The third kappa shape index (κ3) is 3.07. The Hall–Kier alpha value is -1.82. The molecule has 0 aromatic carbocycles. The highest BCUT2D eigenvalue weighted by Crippen LogP contribution is 2.14. The van der Waals surface area contributed by atoms with Gasteiger partial charge in [0, 0.05) is 25.4 Å². The van der Waals surface area contributed by atoms with Crippen LogP contribution in [-0.2, 0) is 6.42 Å². The van der Waals surface area contributed by atoms with Gasteiger partial charge in [0.05, 0.1) is 11.9 Å². The van der Waals surface area contributed by atoms with Crippen LogP contribution in [0.1, 0.15) is 12.2 Å². The average molecular weight is 254 g/mol. The number of imidazole rings is 1. The lowest BCUT2D eigenvalue weighted by molar-refractivity contribution is 0.815. The standard InChI is InChI=1S/C10H12ClN5O/c11-9-7(6-15-16-10(9)17)12-3-1-2-8-13-4-5-14-8/h4-6H,1-3H2,(H,13,14)(H2,12,16,17). The molecule has 90 valence electrons. The largest absolute Gasteiger partial charge is 0.382 e. The van der Waals surface area contributed by atoms with Gasteiger partial charge in [0.25, 0.3) is 5.56 Å². The van der Waals surface area contributed by atoms with Crippen LogP contribution in [0.3, 0.4) is 0 Å². The molecule has 0 fully saturated rings. The van der Waals surface area contributed by atoms with Crippen molar-refractivity contribution >= 4 is 17.3 Å². The maximum absolute atomic E-state index is 11.2. The fourth-order valence-electron chi connectivity index (χ4n) is 1.42. The molecule has 0 aliphatic heterocycles. The summed E-state index contributed by atoms with van der Waals surface area (Å²) in [6.07, 6.45) is 6.74. The van der Waals surface area contributed by atoms with E-state index in [0.717, 1.165) is 18.7 Å². The highest BCUT2D eigenvalue weighted by molar-refractivity contribution is 6.32. The van der Waals surface area contributed by atoms with Gasteiger partial charge in [-0.2, -0.15) is 5.10 Å². The number of aromatic amines is 2. The van der Waals surface area contributed by atoms with E-state index in [-0.39, 0.29) is 10.6 Å². The number of aromatic nitrogens is 4. The van der Waals surface area contributed by atoms with Crippen LogP contribution in [0, 0.1) is 0 Å². The van der Waals surface area contributed by atoms with Crippen molar-refractivity contribution in [3.8, 4) is 0 Å². The summed E-state index contributed by atoms with van der Waals surface area (Å²) in [6, 6.07) is 0. The number of H-pyrrole nitrogens is 2. The molecule has 2 heterocycles. The molecule has 2 aromatic heterocycles. The summed E-state index contributed by atoms with van der Waals surface area (Å²) in [5.74, 6) is 0.946. The number of aryl methyl sites for hydroxylation is 1. The zero-order valence-corrected chi connectivity index (χ0v) is 9.79. The summed E-state index contributed by atoms with van der Waals surface area (Å²) in [4.78, 5) is 18.3. The molecule has 0 spiro atoms. The first-order valence-corrected chi connectivity index (χ1v) is 5.60. The number of halogens is 1. The van der Waals surface area contributed by atoms with Crippen molar-refractivity contribution in [1.29, 1.82) is 0 Å². The van der Waals surface area contributed by atoms with E-state index >= 15 is 0 Å². The zero-order chi connectivity index (χ0) is 12.1. The fraction of sp³-hybridized carbons (Fsp3) is 0.300. The molecule has 6 nitrogen and oxygen atoms in total. The van der Waals surface area contributed by atoms with Crippen LogP contribution >= 0.6 is 11.6 Å². The number of nitrogens with zero attached hydrogens (tertiary/aromatic N) is 2. The van der Waals surface area contributed by atoms with Crippen molar-refractivity contribution in [2.24, 2.45) is 0 Å². The van der Waals surface area contributed by atoms with E-state index in [9.17, 15) is 4.79 Å². The van der Waals surface area contributed by atoms with Crippen molar-refractivity contribution in [3.63, 3.8) is 0 Å². The van der Waals surface area contributed by atoms with Gasteiger partial charge in [-0.05, 0) is 6.42 Å². The van der Waals surface area contributed by atoms with Crippen molar-refractivity contribution < 1.29 is 0 Å². The number of anilines is 1. The second-order valence-corrected chi connectivity index (χ2v) is 3.87. The number of hydrogen-bond acceptors (Lipinski definition) is 4. The fourth-order valence-corrected chi connectivity index (χ4v) is 1.58. The summed E-state index contributed by atoms with van der Waals surface area (Å²) < 4.78 is 0. The van der Waals surface area contributed by atoms with Crippen molar-refractivity contribution in [3.05, 3.63) is 39.8 Å². The summed E-state index contributed by atoms with van der Waals surface area (Å²) in [6.45, 7) is 0.700. The summed E-state index contributed by atoms with van der Waals surface area (Å²) >= 11 is 5.81. The molecule has 7 heteroatoms. The van der Waals surface area contributed by atoms with Gasteiger partial charge in [-0.25, -0.2) is 10.1 Å². The minimum atomic E-state index is -0.386. The summed E-state index contributed by atoms with van der Waals surface area (Å²) in [7, 11) is 0. The Morgan fingerprint density at radius 1 is 1.47 bits per heavy atom. The molecule has 0 amide bonds. The molecule has 0 saturated carbocycles. The molecule has 0 saturated heterocycles. The Labute approximate surface area is 102 Å². The first-order valence-electron chi connectivity index (χ1n) is 5.22. The number of hydrogen-bond donors (Lipinski definition) is 3. The van der Waals surface area contributed by atoms with E-state index in [4.69, 9.17) is 11.6 Å². The van der Waals surface area contributed by atoms with Crippen molar-refractivity contribution in [2.75, 3.05) is 11.9 Å². The molecule has 0 unspecified atom stereocenters. The van der Waals surface area contributed by atoms with Crippen LogP contribution in [0.5, 0.6) is 0 Å². The molecule has 3 N–H and O–H groups in total. The Morgan fingerprint density at radius 2 is 2.35 bits per heavy atom. The monoisotopic (exact) mass is 253 g/mol. The van der Waals surface area contributed by atoms with Gasteiger partial charge in [0.2, 0.25) is 0 Å². The second kappa shape index (κ2) is 5.49. The van der Waals surface area contributed by atoms with Crippen LogP contribution in [-0.4, -0.2) is 26.7 Å². The molecule has 0 atom stereocenters. The van der Waals surface area contributed by atoms with Crippen LogP contribution in [0.4, 0.5) is 5.69 Å². The third-order valence-electron chi connectivity index (χ3n) is 2.26. The predicted octanol–water partition coefficient (Wildman–Crippen LogP) is 1.19. The van der Waals surface area contributed by atoms with Crippen LogP contribution < -0.4 is 10.9 Å². The molecular formula is C10H12ClN5O. The van der Waals surface area contributed by atoms with Gasteiger partial charge in [-0.3, -0.25) is 4.79 Å². The lowest BCUT2D eigenvalue weighted by atomic mass is 10.3. The molecule has 0 bridgehead atoms. The second-order valence-electron chi connectivity index (χ2n) is 3.49. The Morgan fingerprint density at radius 3 is 3.12 bits per heavy atom. The zero-order valence-electron chi connectivity index (χ0n) is 9.03. The highest BCUT2D eigenvalue weighted by Gasteiger charge is 2.03. The molecule has 2 aromatic rings. The SMILES string of the molecule is O=c1[nH]ncc(NCCCc2ncc[nH]2)c1Cl. The van der Waals surface area contributed by atoms with E-state index in [0.29, 0.717) is 12.2 Å². The van der Waals surface area contributed by atoms with Gasteiger partial charge in [0.1, 0.15) is 10.8 Å². The Kier molecular flexibility index (Phi) is 3.77. The van der Waals surface area contributed by atoms with E-state index < -0.39 is 0 Å². The smallest absolute Gasteiger partial charge is 0.285 e. The summed E-state index contributed by atoms with van der Waals surface area (Å²) in [5, 5.41) is 9.13. The minimum Gasteiger partial charge on any atom is -0.382 e. The molecular weight excluding hydrogens is 242 g/mol. The molecule has 17 heavy (non-hydrogen) atoms. The Bertz CT molecular complexity index is 522. The molecule has 0 aliphatic rings. The van der Waals surface area contributed by atoms with Gasteiger partial charge in [0.15, 0.2) is 0 Å². The van der Waals surface area contributed by atoms with Crippen molar-refractivity contribution in [2.45, 2.75) is 12.8 Å². The Balaban J connectivity index is 1.82. The van der Waals surface area contributed by atoms with Crippen molar-refractivity contribution in [1.82, 2.24) is 20.2 Å². The molecule has 0 radical (unpaired) electrons. The normalized spacial score (nSPS) is 10.4. The topological polar surface area (TPSA) is 86.5 Å². The quantitative estimate of drug-likeness (QED) is 0.699. The first kappa shape index (κ1) is 11.7. The van der Waals surface area contributed by atoms with E-state index in [2.05, 4.69) is 25.5 Å². The van der Waals surface area contributed by atoms with Crippen LogP contribution in [0.25, 0.3) is 0 Å². The third-order valence-corrected chi connectivity index (χ3v) is 2.63. The summed E-state index contributed by atoms with van der Waals surface area (Å²) in [5.41, 5.74) is 0.164. The number of nitrogens with one attached hydrogen (secondary N) is 3. The molecule has 0 aliphatic carbocycles. The van der Waals surface area contributed by atoms with E-state index in [1.165, 1.54) is 6.20 Å². The van der Waals surface area contributed by atoms with Gasteiger partial charge < -0.3 is 10.3 Å². The van der Waals surface area contributed by atoms with Gasteiger partial charge in [-0.1, -0.05) is 11.6 Å². The van der Waals surface area contributed by atoms with Gasteiger partial charge >= 0.3 is 0 Å². The maximum Gasteiger partial charge on any atom is 0.285 e.